The van der Waals surface area contributed by atoms with Gasteiger partial charge in [0.15, 0.2) is 0 Å². The fourth-order valence-corrected chi connectivity index (χ4v) is 6.74. The van der Waals surface area contributed by atoms with Gasteiger partial charge in [-0.1, -0.05) is 97.1 Å². The average molecular weight is 585 g/mol. The Balaban J connectivity index is 1.22. The maximum Gasteiger partial charge on any atom is 0.0462 e. The Bertz CT molecular complexity index is 1710. The maximum absolute atomic E-state index is 2.31. The van der Waals surface area contributed by atoms with Crippen molar-refractivity contribution in [2.45, 2.75) is 6.92 Å². The van der Waals surface area contributed by atoms with Crippen LogP contribution >= 0.6 is 11.3 Å². The highest BCUT2D eigenvalue weighted by molar-refractivity contribution is 7.16. The Morgan fingerprint density at radius 3 is 1.05 bits per heavy atom. The zero-order chi connectivity index (χ0) is 29.7. The lowest BCUT2D eigenvalue weighted by Crippen LogP contribution is -2.09. The van der Waals surface area contributed by atoms with E-state index in [9.17, 15) is 0 Å². The van der Waals surface area contributed by atoms with E-state index >= 15 is 0 Å². The first-order chi connectivity index (χ1) is 21.7. The fraction of sp³-hybridized carbons (Fsp3) is 0.0244. The van der Waals surface area contributed by atoms with Crippen LogP contribution in [0.4, 0.5) is 34.1 Å². The van der Waals surface area contributed by atoms with Gasteiger partial charge in [-0.25, -0.2) is 0 Å². The third kappa shape index (κ3) is 5.66. The summed E-state index contributed by atoms with van der Waals surface area (Å²) in [4.78, 5) is 7.19. The molecule has 0 amide bonds. The second-order valence-corrected chi connectivity index (χ2v) is 12.0. The molecule has 0 aliphatic rings. The smallest absolute Gasteiger partial charge is 0.0462 e. The highest BCUT2D eigenvalue weighted by Crippen LogP contribution is 2.42. The van der Waals surface area contributed by atoms with Gasteiger partial charge in [-0.3, -0.25) is 0 Å². The van der Waals surface area contributed by atoms with Gasteiger partial charge in [0, 0.05) is 49.4 Å². The summed E-state index contributed by atoms with van der Waals surface area (Å²) in [5.74, 6) is 0. The molecule has 0 aliphatic carbocycles. The molecular formula is C41H32N2S. The summed E-state index contributed by atoms with van der Waals surface area (Å²) in [7, 11) is 0. The van der Waals surface area contributed by atoms with E-state index in [1.54, 1.807) is 0 Å². The van der Waals surface area contributed by atoms with E-state index in [0.29, 0.717) is 0 Å². The number of para-hydroxylation sites is 4. The summed E-state index contributed by atoms with van der Waals surface area (Å²) in [5, 5.41) is 0. The Morgan fingerprint density at radius 2 is 0.682 bits per heavy atom. The SMILES string of the molecule is Cc1cc(-c2ccc(N(c3ccccc3)c3ccccc3)cc2)c(-c2ccc(N(c3ccccc3)c3ccccc3)cc2)s1. The molecule has 0 fully saturated rings. The van der Waals surface area contributed by atoms with Gasteiger partial charge in [0.25, 0.3) is 0 Å². The minimum atomic E-state index is 1.13. The van der Waals surface area contributed by atoms with E-state index in [4.69, 9.17) is 0 Å². The van der Waals surface area contributed by atoms with Gasteiger partial charge in [0.05, 0.1) is 0 Å². The lowest BCUT2D eigenvalue weighted by Gasteiger charge is -2.25. The first kappa shape index (κ1) is 27.5. The molecule has 0 bridgehead atoms. The van der Waals surface area contributed by atoms with Crippen molar-refractivity contribution in [3.63, 3.8) is 0 Å². The molecule has 0 aliphatic heterocycles. The van der Waals surface area contributed by atoms with Crippen molar-refractivity contribution in [1.29, 1.82) is 0 Å². The van der Waals surface area contributed by atoms with Crippen molar-refractivity contribution in [1.82, 2.24) is 0 Å². The number of aryl methyl sites for hydroxylation is 1. The lowest BCUT2D eigenvalue weighted by atomic mass is 10.0. The number of rotatable bonds is 8. The number of hydrogen-bond acceptors (Lipinski definition) is 3. The van der Waals surface area contributed by atoms with Gasteiger partial charge in [-0.2, -0.15) is 0 Å². The summed E-state index contributed by atoms with van der Waals surface area (Å²) >= 11 is 1.85. The van der Waals surface area contributed by atoms with Gasteiger partial charge in [-0.15, -0.1) is 11.3 Å². The Hall–Kier alpha value is -5.38. The second-order valence-electron chi connectivity index (χ2n) is 10.7. The molecule has 0 radical (unpaired) electrons. The van der Waals surface area contributed by atoms with Crippen LogP contribution in [0, 0.1) is 6.92 Å². The number of anilines is 6. The predicted octanol–water partition coefficient (Wildman–Crippen LogP) is 12.3. The van der Waals surface area contributed by atoms with Crippen molar-refractivity contribution in [2.24, 2.45) is 0 Å². The predicted molar refractivity (Wildman–Crippen MR) is 189 cm³/mol. The molecule has 212 valence electrons. The molecule has 6 aromatic carbocycles. The van der Waals surface area contributed by atoms with Gasteiger partial charge in [0.2, 0.25) is 0 Å². The van der Waals surface area contributed by atoms with Crippen molar-refractivity contribution >= 4 is 45.5 Å². The summed E-state index contributed by atoms with van der Waals surface area (Å²) in [6.07, 6.45) is 0. The van der Waals surface area contributed by atoms with Crippen molar-refractivity contribution in [2.75, 3.05) is 9.80 Å². The molecule has 7 rings (SSSR count). The first-order valence-corrected chi connectivity index (χ1v) is 15.7. The van der Waals surface area contributed by atoms with Crippen LogP contribution in [-0.2, 0) is 0 Å². The summed E-state index contributed by atoms with van der Waals surface area (Å²) in [5.41, 5.74) is 10.5. The molecule has 0 atom stereocenters. The largest absolute Gasteiger partial charge is 0.311 e. The van der Waals surface area contributed by atoms with Crippen molar-refractivity contribution in [3.8, 4) is 21.6 Å². The molecule has 1 heterocycles. The third-order valence-electron chi connectivity index (χ3n) is 7.74. The quantitative estimate of drug-likeness (QED) is 0.175. The molecular weight excluding hydrogens is 553 g/mol. The molecule has 0 saturated heterocycles. The van der Waals surface area contributed by atoms with Crippen LogP contribution in [0.3, 0.4) is 0 Å². The molecule has 44 heavy (non-hydrogen) atoms. The van der Waals surface area contributed by atoms with Gasteiger partial charge in [0.1, 0.15) is 0 Å². The fourth-order valence-electron chi connectivity index (χ4n) is 5.70. The van der Waals surface area contributed by atoms with Gasteiger partial charge < -0.3 is 9.80 Å². The van der Waals surface area contributed by atoms with Crippen LogP contribution in [-0.4, -0.2) is 0 Å². The molecule has 1 aromatic heterocycles. The van der Waals surface area contributed by atoms with E-state index < -0.39 is 0 Å². The van der Waals surface area contributed by atoms with Crippen LogP contribution in [0.1, 0.15) is 4.88 Å². The van der Waals surface area contributed by atoms with Crippen molar-refractivity contribution in [3.05, 3.63) is 181 Å². The number of benzene rings is 6. The third-order valence-corrected chi connectivity index (χ3v) is 8.84. The second kappa shape index (κ2) is 12.5. The zero-order valence-electron chi connectivity index (χ0n) is 24.5. The van der Waals surface area contributed by atoms with E-state index in [2.05, 4.69) is 193 Å². The number of hydrogen-bond donors (Lipinski definition) is 0. The van der Waals surface area contributed by atoms with Crippen LogP contribution < -0.4 is 9.80 Å². The topological polar surface area (TPSA) is 6.48 Å². The molecule has 0 saturated carbocycles. The Labute approximate surface area is 263 Å². The minimum absolute atomic E-state index is 1.13. The van der Waals surface area contributed by atoms with Crippen LogP contribution in [0.5, 0.6) is 0 Å². The molecule has 0 spiro atoms. The normalized spacial score (nSPS) is 10.8. The Kier molecular flexibility index (Phi) is 7.78. The minimum Gasteiger partial charge on any atom is -0.311 e. The first-order valence-electron chi connectivity index (χ1n) is 14.9. The highest BCUT2D eigenvalue weighted by Gasteiger charge is 2.16. The molecule has 2 nitrogen and oxygen atoms in total. The van der Waals surface area contributed by atoms with Crippen LogP contribution in [0.15, 0.2) is 176 Å². The van der Waals surface area contributed by atoms with E-state index in [0.717, 1.165) is 34.1 Å². The van der Waals surface area contributed by atoms with E-state index in [1.807, 2.05) is 11.3 Å². The molecule has 7 aromatic rings. The van der Waals surface area contributed by atoms with Crippen LogP contribution in [0.2, 0.25) is 0 Å². The Morgan fingerprint density at radius 1 is 0.364 bits per heavy atom. The van der Waals surface area contributed by atoms with E-state index in [1.165, 1.54) is 26.4 Å². The monoisotopic (exact) mass is 584 g/mol. The molecule has 0 N–H and O–H groups in total. The number of nitrogens with zero attached hydrogens (tertiary/aromatic N) is 2. The standard InChI is InChI=1S/C41H32N2S/c1-31-30-40(32-22-26-38(27-23-32)42(34-14-6-2-7-15-34)35-16-8-3-9-17-35)41(44-31)33-24-28-39(29-25-33)43(36-18-10-4-11-19-36)37-20-12-5-13-21-37/h2-30H,1H3. The van der Waals surface area contributed by atoms with Crippen molar-refractivity contribution < 1.29 is 0 Å². The summed E-state index contributed by atoms with van der Waals surface area (Å²) in [6, 6.07) is 62.4. The average Bonchev–Trinajstić information content (AvgIpc) is 3.49. The zero-order valence-corrected chi connectivity index (χ0v) is 25.4. The molecule has 0 unspecified atom stereocenters. The summed E-state index contributed by atoms with van der Waals surface area (Å²) in [6.45, 7) is 2.19. The molecule has 3 heteroatoms. The number of thiophene rings is 1. The van der Waals surface area contributed by atoms with Gasteiger partial charge >= 0.3 is 0 Å². The van der Waals surface area contributed by atoms with Gasteiger partial charge in [-0.05, 0) is 96.9 Å². The van der Waals surface area contributed by atoms with E-state index in [-0.39, 0.29) is 0 Å². The highest BCUT2D eigenvalue weighted by atomic mass is 32.1. The maximum atomic E-state index is 2.31. The van der Waals surface area contributed by atoms with Crippen LogP contribution in [0.25, 0.3) is 21.6 Å². The summed E-state index contributed by atoms with van der Waals surface area (Å²) < 4.78 is 0. The lowest BCUT2D eigenvalue weighted by molar-refractivity contribution is 1.28.